The van der Waals surface area contributed by atoms with Gasteiger partial charge < -0.3 is 5.32 Å². The predicted molar refractivity (Wildman–Crippen MR) is 96.9 cm³/mol. The van der Waals surface area contributed by atoms with E-state index in [1.54, 1.807) is 0 Å². The molecule has 23 heavy (non-hydrogen) atoms. The van der Waals surface area contributed by atoms with Crippen molar-refractivity contribution in [2.75, 3.05) is 0 Å². The van der Waals surface area contributed by atoms with Crippen LogP contribution in [0.4, 0.5) is 0 Å². The molecular weight excluding hydrogens is 278 g/mol. The second-order valence-corrected chi connectivity index (χ2v) is 6.41. The molecule has 1 N–H and O–H groups in total. The van der Waals surface area contributed by atoms with E-state index in [0.717, 1.165) is 0 Å². The molecule has 1 heteroatoms. The SMILES string of the molecule is C[C]1[C](NC(C)C)[C](C)[C](c2ccccc2)[C]1c1ccccc1. The van der Waals surface area contributed by atoms with E-state index in [1.807, 2.05) is 0 Å². The van der Waals surface area contributed by atoms with Gasteiger partial charge in [0.1, 0.15) is 0 Å². The lowest BCUT2D eigenvalue weighted by molar-refractivity contribution is 0.600. The van der Waals surface area contributed by atoms with Crippen molar-refractivity contribution in [3.8, 4) is 0 Å². The van der Waals surface area contributed by atoms with Crippen LogP contribution in [0.1, 0.15) is 38.8 Å². The van der Waals surface area contributed by atoms with Gasteiger partial charge in [-0.1, -0.05) is 88.4 Å². The Labute approximate surface area is 141 Å². The Kier molecular flexibility index (Phi) is 4.87. The summed E-state index contributed by atoms with van der Waals surface area (Å²) in [7, 11) is 0. The summed E-state index contributed by atoms with van der Waals surface area (Å²) in [6.07, 6.45) is 0. The fourth-order valence-electron chi connectivity index (χ4n) is 3.34. The predicted octanol–water partition coefficient (Wildman–Crippen LogP) is 4.96. The molecule has 0 spiro atoms. The van der Waals surface area contributed by atoms with Crippen molar-refractivity contribution in [3.63, 3.8) is 0 Å². The molecule has 5 radical (unpaired) electrons. The Balaban J connectivity index is 2.02. The minimum Gasteiger partial charge on any atom is -0.306 e. The molecule has 0 aliphatic heterocycles. The van der Waals surface area contributed by atoms with Gasteiger partial charge in [-0.3, -0.25) is 0 Å². The van der Waals surface area contributed by atoms with Crippen LogP contribution in [-0.4, -0.2) is 6.04 Å². The van der Waals surface area contributed by atoms with Crippen LogP contribution in [-0.2, 0) is 0 Å². The van der Waals surface area contributed by atoms with E-state index in [2.05, 4.69) is 93.7 Å². The third-order valence-electron chi connectivity index (χ3n) is 4.31. The van der Waals surface area contributed by atoms with Gasteiger partial charge in [-0.15, -0.1) is 0 Å². The van der Waals surface area contributed by atoms with Crippen molar-refractivity contribution in [2.24, 2.45) is 0 Å². The van der Waals surface area contributed by atoms with E-state index < -0.39 is 0 Å². The van der Waals surface area contributed by atoms with Crippen molar-refractivity contribution < 1.29 is 0 Å². The molecular formula is C22H24N. The van der Waals surface area contributed by atoms with Gasteiger partial charge in [0.15, 0.2) is 0 Å². The lowest BCUT2D eigenvalue weighted by atomic mass is 9.78. The summed E-state index contributed by atoms with van der Waals surface area (Å²) in [6, 6.07) is 23.1. The Morgan fingerprint density at radius 2 is 1.04 bits per heavy atom. The van der Waals surface area contributed by atoms with E-state index >= 15 is 0 Å². The molecule has 0 unspecified atom stereocenters. The molecule has 0 heterocycles. The van der Waals surface area contributed by atoms with Crippen LogP contribution < -0.4 is 5.32 Å². The standard InChI is InChI=1S/C22H24N/c1-15(2)23-22-16(3)20(18-11-7-5-8-12-18)21(17(22)4)19-13-9-6-10-14-19/h5-15,23H,1-4H3. The first-order valence-electron chi connectivity index (χ1n) is 8.26. The summed E-state index contributed by atoms with van der Waals surface area (Å²) < 4.78 is 0. The van der Waals surface area contributed by atoms with Crippen molar-refractivity contribution >= 4 is 0 Å². The molecule has 0 bridgehead atoms. The third-order valence-corrected chi connectivity index (χ3v) is 4.31. The van der Waals surface area contributed by atoms with Crippen LogP contribution in [0.3, 0.4) is 0 Å². The average Bonchev–Trinajstić information content (AvgIpc) is 2.80. The zero-order valence-corrected chi connectivity index (χ0v) is 14.4. The van der Waals surface area contributed by atoms with Crippen molar-refractivity contribution in [1.82, 2.24) is 5.32 Å². The molecule has 0 atom stereocenters. The number of hydrogen-bond donors (Lipinski definition) is 1. The molecule has 1 aliphatic rings. The zero-order valence-electron chi connectivity index (χ0n) is 14.4. The number of benzene rings is 2. The molecule has 1 fully saturated rings. The van der Waals surface area contributed by atoms with Crippen molar-refractivity contribution in [1.29, 1.82) is 0 Å². The first-order valence-corrected chi connectivity index (χ1v) is 8.26. The van der Waals surface area contributed by atoms with Gasteiger partial charge in [-0.25, -0.2) is 0 Å². The van der Waals surface area contributed by atoms with E-state index in [1.165, 1.54) is 40.8 Å². The molecule has 117 valence electrons. The highest BCUT2D eigenvalue weighted by molar-refractivity contribution is 5.72. The highest BCUT2D eigenvalue weighted by Crippen LogP contribution is 2.56. The fraction of sp³-hybridized carbons (Fsp3) is 0.227. The average molecular weight is 302 g/mol. The summed E-state index contributed by atoms with van der Waals surface area (Å²) in [4.78, 5) is 0. The highest BCUT2D eigenvalue weighted by atomic mass is 15.0. The van der Waals surface area contributed by atoms with E-state index in [-0.39, 0.29) is 0 Å². The van der Waals surface area contributed by atoms with Gasteiger partial charge >= 0.3 is 0 Å². The van der Waals surface area contributed by atoms with Gasteiger partial charge in [0.05, 0.1) is 6.04 Å². The Hall–Kier alpha value is -1.60. The Morgan fingerprint density at radius 1 is 0.652 bits per heavy atom. The molecule has 1 saturated carbocycles. The second-order valence-electron chi connectivity index (χ2n) is 6.41. The molecule has 0 aromatic heterocycles. The van der Waals surface area contributed by atoms with Gasteiger partial charge in [0.25, 0.3) is 0 Å². The van der Waals surface area contributed by atoms with Crippen LogP contribution in [0.25, 0.3) is 0 Å². The molecule has 0 amide bonds. The first-order chi connectivity index (χ1) is 11.1. The lowest BCUT2D eigenvalue weighted by Crippen LogP contribution is -2.32. The summed E-state index contributed by atoms with van der Waals surface area (Å²) in [5, 5.41) is 3.64. The van der Waals surface area contributed by atoms with Crippen LogP contribution >= 0.6 is 0 Å². The molecule has 2 aromatic rings. The summed E-state index contributed by atoms with van der Waals surface area (Å²) >= 11 is 0. The molecule has 1 nitrogen and oxygen atoms in total. The normalized spacial score (nSPS) is 19.0. The lowest BCUT2D eigenvalue weighted by Gasteiger charge is -2.23. The quantitative estimate of drug-likeness (QED) is 0.841. The number of nitrogens with one attached hydrogen (secondary N) is 1. The molecule has 2 aromatic carbocycles. The van der Waals surface area contributed by atoms with E-state index in [4.69, 9.17) is 0 Å². The number of rotatable bonds is 4. The van der Waals surface area contributed by atoms with Crippen LogP contribution in [0, 0.1) is 29.7 Å². The maximum atomic E-state index is 3.64. The van der Waals surface area contributed by atoms with Gasteiger partial charge in [0.2, 0.25) is 0 Å². The second kappa shape index (κ2) is 6.88. The minimum absolute atomic E-state index is 0.419. The summed E-state index contributed by atoms with van der Waals surface area (Å²) in [5.74, 6) is 5.36. The van der Waals surface area contributed by atoms with Crippen LogP contribution in [0.2, 0.25) is 0 Å². The monoisotopic (exact) mass is 302 g/mol. The Morgan fingerprint density at radius 3 is 1.39 bits per heavy atom. The smallest absolute Gasteiger partial charge is 0.0517 e. The van der Waals surface area contributed by atoms with Crippen LogP contribution in [0.15, 0.2) is 60.7 Å². The maximum absolute atomic E-state index is 3.64. The Bertz CT molecular complexity index is 553. The van der Waals surface area contributed by atoms with Crippen molar-refractivity contribution in [2.45, 2.75) is 33.7 Å². The van der Waals surface area contributed by atoms with E-state index in [0.29, 0.717) is 6.04 Å². The minimum atomic E-state index is 0.419. The van der Waals surface area contributed by atoms with Crippen molar-refractivity contribution in [3.05, 3.63) is 102 Å². The van der Waals surface area contributed by atoms with E-state index in [9.17, 15) is 0 Å². The van der Waals surface area contributed by atoms with Gasteiger partial charge in [-0.05, 0) is 11.1 Å². The molecule has 0 saturated heterocycles. The summed E-state index contributed by atoms with van der Waals surface area (Å²) in [5.41, 5.74) is 2.56. The molecule has 1 aliphatic carbocycles. The first kappa shape index (κ1) is 16.3. The molecule has 3 rings (SSSR count). The summed E-state index contributed by atoms with van der Waals surface area (Å²) in [6.45, 7) is 8.84. The van der Waals surface area contributed by atoms with Gasteiger partial charge in [-0.2, -0.15) is 0 Å². The fourth-order valence-corrected chi connectivity index (χ4v) is 3.34. The van der Waals surface area contributed by atoms with Crippen LogP contribution in [0.5, 0.6) is 0 Å². The highest BCUT2D eigenvalue weighted by Gasteiger charge is 2.49. The zero-order chi connectivity index (χ0) is 16.4. The number of hydrogen-bond acceptors (Lipinski definition) is 1. The third kappa shape index (κ3) is 3.21. The topological polar surface area (TPSA) is 12.0 Å². The van der Waals surface area contributed by atoms with Gasteiger partial charge in [0, 0.05) is 29.7 Å². The maximum Gasteiger partial charge on any atom is 0.0517 e. The largest absolute Gasteiger partial charge is 0.306 e.